The zero-order chi connectivity index (χ0) is 14.8. The van der Waals surface area contributed by atoms with Gasteiger partial charge < -0.3 is 15.4 Å². The third-order valence-electron chi connectivity index (χ3n) is 3.60. The highest BCUT2D eigenvalue weighted by molar-refractivity contribution is 6.01. The number of nitrogens with one attached hydrogen (secondary N) is 1. The molecule has 0 saturated heterocycles. The van der Waals surface area contributed by atoms with Crippen molar-refractivity contribution in [3.63, 3.8) is 0 Å². The Morgan fingerprint density at radius 2 is 2.14 bits per heavy atom. The molecule has 0 fully saturated rings. The van der Waals surface area contributed by atoms with Gasteiger partial charge in [-0.15, -0.1) is 0 Å². The standard InChI is InChI=1S/C16H18N4O/c1-11-7-8-19-16(14(11)15(17)18)20-9-4-10-21-13-6-3-2-5-12(13)20/h2-3,5-8H,4,9-10H2,1H3,(H3,17,18). The number of ether oxygens (including phenoxy) is 1. The van der Waals surface area contributed by atoms with Crippen LogP contribution in [0.2, 0.25) is 0 Å². The molecule has 1 aromatic carbocycles. The molecule has 2 heterocycles. The van der Waals surface area contributed by atoms with E-state index in [1.807, 2.05) is 37.3 Å². The first-order chi connectivity index (χ1) is 10.2. The van der Waals surface area contributed by atoms with Crippen LogP contribution in [0, 0.1) is 12.3 Å². The number of para-hydroxylation sites is 2. The molecule has 1 aromatic heterocycles. The van der Waals surface area contributed by atoms with Crippen molar-refractivity contribution in [2.75, 3.05) is 18.1 Å². The molecule has 0 bridgehead atoms. The molecule has 108 valence electrons. The van der Waals surface area contributed by atoms with Gasteiger partial charge in [0.15, 0.2) is 0 Å². The number of nitrogens with two attached hydrogens (primary N) is 1. The lowest BCUT2D eigenvalue weighted by Gasteiger charge is -2.25. The van der Waals surface area contributed by atoms with Crippen LogP contribution in [0.15, 0.2) is 36.5 Å². The Morgan fingerprint density at radius 1 is 1.33 bits per heavy atom. The summed E-state index contributed by atoms with van der Waals surface area (Å²) in [6.45, 7) is 3.41. The van der Waals surface area contributed by atoms with Crippen LogP contribution in [-0.4, -0.2) is 24.0 Å². The van der Waals surface area contributed by atoms with Crippen LogP contribution in [0.3, 0.4) is 0 Å². The summed E-state index contributed by atoms with van der Waals surface area (Å²) >= 11 is 0. The van der Waals surface area contributed by atoms with E-state index in [-0.39, 0.29) is 5.84 Å². The maximum absolute atomic E-state index is 7.85. The van der Waals surface area contributed by atoms with Gasteiger partial charge in [0.25, 0.3) is 0 Å². The molecule has 5 heteroatoms. The van der Waals surface area contributed by atoms with Crippen LogP contribution in [0.5, 0.6) is 5.75 Å². The molecule has 2 aromatic rings. The fourth-order valence-electron chi connectivity index (χ4n) is 2.63. The van der Waals surface area contributed by atoms with E-state index in [0.29, 0.717) is 12.2 Å². The predicted octanol–water partition coefficient (Wildman–Crippen LogP) is 2.59. The van der Waals surface area contributed by atoms with E-state index in [1.165, 1.54) is 0 Å². The Hall–Kier alpha value is -2.56. The van der Waals surface area contributed by atoms with Gasteiger partial charge in [-0.3, -0.25) is 5.41 Å². The van der Waals surface area contributed by atoms with Crippen LogP contribution in [0.1, 0.15) is 17.5 Å². The molecule has 0 radical (unpaired) electrons. The minimum absolute atomic E-state index is 0.0400. The summed E-state index contributed by atoms with van der Waals surface area (Å²) in [5, 5.41) is 7.85. The van der Waals surface area contributed by atoms with Crippen LogP contribution in [0.25, 0.3) is 0 Å². The molecule has 0 amide bonds. The smallest absolute Gasteiger partial charge is 0.144 e. The highest BCUT2D eigenvalue weighted by atomic mass is 16.5. The highest BCUT2D eigenvalue weighted by Gasteiger charge is 2.22. The first-order valence-corrected chi connectivity index (χ1v) is 6.98. The third-order valence-corrected chi connectivity index (χ3v) is 3.60. The number of aryl methyl sites for hydroxylation is 1. The first-order valence-electron chi connectivity index (χ1n) is 6.98. The second-order valence-electron chi connectivity index (χ2n) is 5.06. The SMILES string of the molecule is Cc1ccnc(N2CCCOc3ccccc32)c1C(=N)N. The summed E-state index contributed by atoms with van der Waals surface area (Å²) in [4.78, 5) is 6.56. The third kappa shape index (κ3) is 2.42. The van der Waals surface area contributed by atoms with Gasteiger partial charge in [-0.2, -0.15) is 0 Å². The average Bonchev–Trinajstić information content (AvgIpc) is 2.68. The molecule has 0 spiro atoms. The molecule has 3 rings (SSSR count). The summed E-state index contributed by atoms with van der Waals surface area (Å²) < 4.78 is 5.78. The number of rotatable bonds is 2. The molecule has 0 aliphatic carbocycles. The Labute approximate surface area is 123 Å². The van der Waals surface area contributed by atoms with E-state index >= 15 is 0 Å². The molecule has 1 aliphatic rings. The van der Waals surface area contributed by atoms with Gasteiger partial charge in [-0.1, -0.05) is 12.1 Å². The number of fused-ring (bicyclic) bond motifs is 1. The lowest BCUT2D eigenvalue weighted by Crippen LogP contribution is -2.24. The number of nitrogen functional groups attached to an aromatic ring is 1. The summed E-state index contributed by atoms with van der Waals surface area (Å²) in [5.74, 6) is 1.60. The molecule has 0 atom stereocenters. The predicted molar refractivity (Wildman–Crippen MR) is 83.6 cm³/mol. The first kappa shape index (κ1) is 13.4. The minimum Gasteiger partial charge on any atom is -0.491 e. The van der Waals surface area contributed by atoms with Crippen molar-refractivity contribution in [1.29, 1.82) is 5.41 Å². The van der Waals surface area contributed by atoms with E-state index in [9.17, 15) is 0 Å². The van der Waals surface area contributed by atoms with E-state index in [4.69, 9.17) is 15.9 Å². The number of anilines is 2. The van der Waals surface area contributed by atoms with Crippen molar-refractivity contribution in [3.05, 3.63) is 47.7 Å². The summed E-state index contributed by atoms with van der Waals surface area (Å²) in [6.07, 6.45) is 2.65. The van der Waals surface area contributed by atoms with Crippen molar-refractivity contribution < 1.29 is 4.74 Å². The quantitative estimate of drug-likeness (QED) is 0.656. The minimum atomic E-state index is 0.0400. The second-order valence-corrected chi connectivity index (χ2v) is 5.06. The number of hydrogen-bond acceptors (Lipinski definition) is 4. The molecular formula is C16H18N4O. The van der Waals surface area contributed by atoms with E-state index < -0.39 is 0 Å². The molecule has 0 saturated carbocycles. The number of nitrogens with zero attached hydrogens (tertiary/aromatic N) is 2. The summed E-state index contributed by atoms with van der Waals surface area (Å²) in [5.41, 5.74) is 8.38. The topological polar surface area (TPSA) is 75.2 Å². The number of amidine groups is 1. The van der Waals surface area contributed by atoms with Crippen LogP contribution >= 0.6 is 0 Å². The number of aromatic nitrogens is 1. The Morgan fingerprint density at radius 3 is 2.95 bits per heavy atom. The second kappa shape index (κ2) is 5.44. The van der Waals surface area contributed by atoms with Crippen LogP contribution in [0.4, 0.5) is 11.5 Å². The Bertz CT molecular complexity index is 684. The van der Waals surface area contributed by atoms with Gasteiger partial charge >= 0.3 is 0 Å². The largest absolute Gasteiger partial charge is 0.491 e. The van der Waals surface area contributed by atoms with Crippen LogP contribution in [-0.2, 0) is 0 Å². The monoisotopic (exact) mass is 282 g/mol. The van der Waals surface area contributed by atoms with Crippen molar-refractivity contribution in [1.82, 2.24) is 4.98 Å². The highest BCUT2D eigenvalue weighted by Crippen LogP contribution is 2.36. The Kier molecular flexibility index (Phi) is 3.48. The fraction of sp³-hybridized carbons (Fsp3) is 0.250. The number of benzene rings is 1. The number of hydrogen-bond donors (Lipinski definition) is 2. The van der Waals surface area contributed by atoms with E-state index in [2.05, 4.69) is 9.88 Å². The van der Waals surface area contributed by atoms with Gasteiger partial charge in [0.05, 0.1) is 17.9 Å². The van der Waals surface area contributed by atoms with Crippen molar-refractivity contribution in [2.24, 2.45) is 5.73 Å². The van der Waals surface area contributed by atoms with E-state index in [1.54, 1.807) is 6.20 Å². The zero-order valence-corrected chi connectivity index (χ0v) is 12.0. The lowest BCUT2D eigenvalue weighted by atomic mass is 10.1. The number of pyridine rings is 1. The average molecular weight is 282 g/mol. The normalized spacial score (nSPS) is 14.0. The summed E-state index contributed by atoms with van der Waals surface area (Å²) in [6, 6.07) is 9.77. The molecule has 5 nitrogen and oxygen atoms in total. The molecule has 1 aliphatic heterocycles. The molecule has 0 unspecified atom stereocenters. The van der Waals surface area contributed by atoms with Gasteiger partial charge in [0, 0.05) is 12.7 Å². The molecular weight excluding hydrogens is 264 g/mol. The molecule has 3 N–H and O–H groups in total. The zero-order valence-electron chi connectivity index (χ0n) is 12.0. The van der Waals surface area contributed by atoms with Crippen LogP contribution < -0.4 is 15.4 Å². The van der Waals surface area contributed by atoms with E-state index in [0.717, 1.165) is 35.8 Å². The van der Waals surface area contributed by atoms with Gasteiger partial charge in [0.2, 0.25) is 0 Å². The maximum Gasteiger partial charge on any atom is 0.144 e. The van der Waals surface area contributed by atoms with Gasteiger partial charge in [-0.05, 0) is 37.1 Å². The summed E-state index contributed by atoms with van der Waals surface area (Å²) in [7, 11) is 0. The van der Waals surface area contributed by atoms with Gasteiger partial charge in [-0.25, -0.2) is 4.98 Å². The lowest BCUT2D eigenvalue weighted by molar-refractivity contribution is 0.322. The Balaban J connectivity index is 2.17. The molecule has 21 heavy (non-hydrogen) atoms. The van der Waals surface area contributed by atoms with Crippen molar-refractivity contribution >= 4 is 17.3 Å². The fourth-order valence-corrected chi connectivity index (χ4v) is 2.63. The maximum atomic E-state index is 7.85. The van der Waals surface area contributed by atoms with Crippen molar-refractivity contribution in [2.45, 2.75) is 13.3 Å². The van der Waals surface area contributed by atoms with Gasteiger partial charge in [0.1, 0.15) is 17.4 Å². The van der Waals surface area contributed by atoms with Crippen molar-refractivity contribution in [3.8, 4) is 5.75 Å².